The summed E-state index contributed by atoms with van der Waals surface area (Å²) in [6.07, 6.45) is -1.17. The summed E-state index contributed by atoms with van der Waals surface area (Å²) in [6.45, 7) is 1.36. The molecule has 0 saturated carbocycles. The monoisotopic (exact) mass is 389 g/mol. The summed E-state index contributed by atoms with van der Waals surface area (Å²) in [6, 6.07) is 10.5. The van der Waals surface area contributed by atoms with Gasteiger partial charge in [-0.25, -0.2) is 9.18 Å². The minimum Gasteiger partial charge on any atom is -0.449 e. The Hall–Kier alpha value is -3.19. The van der Waals surface area contributed by atoms with Gasteiger partial charge in [0, 0.05) is 16.8 Å². The molecule has 0 fully saturated rings. The summed E-state index contributed by atoms with van der Waals surface area (Å²) in [4.78, 5) is 36.4. The lowest BCUT2D eigenvalue weighted by molar-refractivity contribution is -0.123. The first-order chi connectivity index (χ1) is 12.8. The van der Waals surface area contributed by atoms with Gasteiger partial charge in [0.15, 0.2) is 11.5 Å². The maximum Gasteiger partial charge on any atom is 0.375 e. The number of amides is 1. The van der Waals surface area contributed by atoms with E-state index in [1.165, 1.54) is 49.4 Å². The molecule has 0 spiro atoms. The van der Waals surface area contributed by atoms with Crippen LogP contribution in [0.3, 0.4) is 0 Å². The number of nitrogens with one attached hydrogen (secondary N) is 1. The van der Waals surface area contributed by atoms with Crippen molar-refractivity contribution in [2.75, 3.05) is 5.32 Å². The standard InChI is InChI=1S/C19H13ClFNO5/c1-10(18(24)22-13-5-3-12(21)4-6-13)26-19(25)17-9-15(23)14-8-11(20)2-7-16(14)27-17/h2-10H,1H3,(H,22,24)/t10-/m0/s1. The summed E-state index contributed by atoms with van der Waals surface area (Å²) < 4.78 is 23.3. The second kappa shape index (κ2) is 7.59. The first kappa shape index (κ1) is 18.6. The molecule has 0 aliphatic heterocycles. The molecule has 1 heterocycles. The molecular weight excluding hydrogens is 377 g/mol. The number of anilines is 1. The van der Waals surface area contributed by atoms with Crippen LogP contribution in [0.15, 0.2) is 57.7 Å². The van der Waals surface area contributed by atoms with Crippen LogP contribution in [0.2, 0.25) is 5.02 Å². The number of hydrogen-bond donors (Lipinski definition) is 1. The van der Waals surface area contributed by atoms with E-state index in [2.05, 4.69) is 5.32 Å². The molecule has 1 aromatic heterocycles. The first-order valence-electron chi connectivity index (χ1n) is 7.84. The maximum atomic E-state index is 12.9. The predicted octanol–water partition coefficient (Wildman–Crippen LogP) is 3.77. The molecule has 3 rings (SSSR count). The molecule has 1 amide bonds. The highest BCUT2D eigenvalue weighted by Crippen LogP contribution is 2.18. The van der Waals surface area contributed by atoms with Crippen LogP contribution in [-0.2, 0) is 9.53 Å². The summed E-state index contributed by atoms with van der Waals surface area (Å²) in [5, 5.41) is 3.06. The van der Waals surface area contributed by atoms with Crippen LogP contribution >= 0.6 is 11.6 Å². The minimum absolute atomic E-state index is 0.169. The Morgan fingerprint density at radius 3 is 2.56 bits per heavy atom. The highest BCUT2D eigenvalue weighted by atomic mass is 35.5. The predicted molar refractivity (Wildman–Crippen MR) is 97.4 cm³/mol. The molecule has 1 N–H and O–H groups in total. The van der Waals surface area contributed by atoms with Crippen LogP contribution < -0.4 is 10.7 Å². The zero-order valence-electron chi connectivity index (χ0n) is 14.0. The van der Waals surface area contributed by atoms with Crippen LogP contribution in [-0.4, -0.2) is 18.0 Å². The fourth-order valence-electron chi connectivity index (χ4n) is 2.28. The molecule has 2 aromatic carbocycles. The third-order valence-electron chi connectivity index (χ3n) is 3.66. The Balaban J connectivity index is 1.73. The van der Waals surface area contributed by atoms with Crippen molar-refractivity contribution in [2.24, 2.45) is 0 Å². The van der Waals surface area contributed by atoms with Crippen LogP contribution in [0.25, 0.3) is 11.0 Å². The van der Waals surface area contributed by atoms with Gasteiger partial charge in [0.2, 0.25) is 5.76 Å². The average Bonchev–Trinajstić information content (AvgIpc) is 2.63. The van der Waals surface area contributed by atoms with E-state index in [-0.39, 0.29) is 16.7 Å². The minimum atomic E-state index is -1.17. The van der Waals surface area contributed by atoms with E-state index in [9.17, 15) is 18.8 Å². The van der Waals surface area contributed by atoms with Gasteiger partial charge in [0.05, 0.1) is 5.39 Å². The Morgan fingerprint density at radius 2 is 1.85 bits per heavy atom. The molecular formula is C19H13ClFNO5. The van der Waals surface area contributed by atoms with Crippen LogP contribution in [0.1, 0.15) is 17.5 Å². The van der Waals surface area contributed by atoms with E-state index in [1.54, 1.807) is 0 Å². The van der Waals surface area contributed by atoms with Crippen molar-refractivity contribution in [1.82, 2.24) is 0 Å². The highest BCUT2D eigenvalue weighted by molar-refractivity contribution is 6.31. The van der Waals surface area contributed by atoms with Gasteiger partial charge in [-0.1, -0.05) is 11.6 Å². The molecule has 0 saturated heterocycles. The quantitative estimate of drug-likeness (QED) is 0.686. The van der Waals surface area contributed by atoms with Crippen molar-refractivity contribution in [3.05, 3.63) is 75.4 Å². The van der Waals surface area contributed by atoms with Gasteiger partial charge in [0.25, 0.3) is 5.91 Å². The van der Waals surface area contributed by atoms with E-state index in [4.69, 9.17) is 20.8 Å². The lowest BCUT2D eigenvalue weighted by Crippen LogP contribution is -2.30. The zero-order valence-corrected chi connectivity index (χ0v) is 14.7. The van der Waals surface area contributed by atoms with Crippen molar-refractivity contribution < 1.29 is 23.1 Å². The zero-order chi connectivity index (χ0) is 19.6. The van der Waals surface area contributed by atoms with E-state index in [1.807, 2.05) is 0 Å². The number of carbonyl (C=O) groups excluding carboxylic acids is 2. The van der Waals surface area contributed by atoms with Gasteiger partial charge >= 0.3 is 5.97 Å². The molecule has 1 atom stereocenters. The topological polar surface area (TPSA) is 85.6 Å². The lowest BCUT2D eigenvalue weighted by atomic mass is 10.2. The molecule has 0 radical (unpaired) electrons. The number of esters is 1. The van der Waals surface area contributed by atoms with Crippen molar-refractivity contribution in [3.8, 4) is 0 Å². The summed E-state index contributed by atoms with van der Waals surface area (Å²) >= 11 is 5.83. The van der Waals surface area contributed by atoms with Gasteiger partial charge < -0.3 is 14.5 Å². The second-order valence-corrected chi connectivity index (χ2v) is 6.10. The van der Waals surface area contributed by atoms with E-state index in [0.29, 0.717) is 10.7 Å². The lowest BCUT2D eigenvalue weighted by Gasteiger charge is -2.13. The average molecular weight is 390 g/mol. The molecule has 0 aliphatic carbocycles. The van der Waals surface area contributed by atoms with Crippen LogP contribution in [0, 0.1) is 5.82 Å². The summed E-state index contributed by atoms with van der Waals surface area (Å²) in [7, 11) is 0. The fourth-order valence-corrected chi connectivity index (χ4v) is 2.45. The summed E-state index contributed by atoms with van der Waals surface area (Å²) in [5.41, 5.74) is 0.0507. The SMILES string of the molecule is C[C@H](OC(=O)c1cc(=O)c2cc(Cl)ccc2o1)C(=O)Nc1ccc(F)cc1. The van der Waals surface area contributed by atoms with Crippen molar-refractivity contribution in [2.45, 2.75) is 13.0 Å². The smallest absolute Gasteiger partial charge is 0.375 e. The Kier molecular flexibility index (Phi) is 5.23. The number of fused-ring (bicyclic) bond motifs is 1. The normalized spacial score (nSPS) is 11.8. The van der Waals surface area contributed by atoms with E-state index in [0.717, 1.165) is 6.07 Å². The third kappa shape index (κ3) is 4.32. The summed E-state index contributed by atoms with van der Waals surface area (Å²) in [5.74, 6) is -2.37. The van der Waals surface area contributed by atoms with Gasteiger partial charge in [-0.2, -0.15) is 0 Å². The number of carbonyl (C=O) groups is 2. The Morgan fingerprint density at radius 1 is 1.15 bits per heavy atom. The largest absolute Gasteiger partial charge is 0.449 e. The second-order valence-electron chi connectivity index (χ2n) is 5.66. The molecule has 0 unspecified atom stereocenters. The number of hydrogen-bond acceptors (Lipinski definition) is 5. The van der Waals surface area contributed by atoms with Gasteiger partial charge in [0.1, 0.15) is 11.4 Å². The molecule has 138 valence electrons. The number of ether oxygens (including phenoxy) is 1. The molecule has 6 nitrogen and oxygen atoms in total. The van der Waals surface area contributed by atoms with Gasteiger partial charge in [-0.05, 0) is 49.4 Å². The van der Waals surface area contributed by atoms with Crippen molar-refractivity contribution >= 4 is 40.1 Å². The van der Waals surface area contributed by atoms with Crippen molar-refractivity contribution in [3.63, 3.8) is 0 Å². The van der Waals surface area contributed by atoms with Crippen molar-refractivity contribution in [1.29, 1.82) is 0 Å². The maximum absolute atomic E-state index is 12.9. The van der Waals surface area contributed by atoms with Crippen LogP contribution in [0.4, 0.5) is 10.1 Å². The molecule has 8 heteroatoms. The number of benzene rings is 2. The first-order valence-corrected chi connectivity index (χ1v) is 8.22. The van der Waals surface area contributed by atoms with Gasteiger partial charge in [-0.15, -0.1) is 0 Å². The van der Waals surface area contributed by atoms with E-state index >= 15 is 0 Å². The molecule has 27 heavy (non-hydrogen) atoms. The third-order valence-corrected chi connectivity index (χ3v) is 3.89. The van der Waals surface area contributed by atoms with Gasteiger partial charge in [-0.3, -0.25) is 9.59 Å². The number of rotatable bonds is 4. The Labute approximate surface area is 157 Å². The number of halogens is 2. The molecule has 0 aliphatic rings. The molecule has 0 bridgehead atoms. The highest BCUT2D eigenvalue weighted by Gasteiger charge is 2.21. The Bertz CT molecular complexity index is 1080. The fraction of sp³-hybridized carbons (Fsp3) is 0.105. The van der Waals surface area contributed by atoms with E-state index < -0.39 is 29.2 Å². The molecule has 3 aromatic rings. The van der Waals surface area contributed by atoms with Crippen LogP contribution in [0.5, 0.6) is 0 Å².